The fraction of sp³-hybridized carbons (Fsp3) is 0.133. The molecule has 3 aromatic rings. The van der Waals surface area contributed by atoms with Crippen molar-refractivity contribution in [1.82, 2.24) is 14.8 Å². The van der Waals surface area contributed by atoms with Crippen molar-refractivity contribution in [3.05, 3.63) is 63.1 Å². The number of halogens is 1. The summed E-state index contributed by atoms with van der Waals surface area (Å²) < 4.78 is 1.77. The van der Waals surface area contributed by atoms with Crippen molar-refractivity contribution < 1.29 is 0 Å². The number of hydrogen-bond donors (Lipinski definition) is 1. The number of aromatic nitrogens is 3. The van der Waals surface area contributed by atoms with Crippen molar-refractivity contribution in [2.75, 3.05) is 5.32 Å². The van der Waals surface area contributed by atoms with Gasteiger partial charge >= 0.3 is 0 Å². The smallest absolute Gasteiger partial charge is 0.282 e. The number of rotatable bonds is 3. The van der Waals surface area contributed by atoms with Crippen LogP contribution in [-0.2, 0) is 13.6 Å². The van der Waals surface area contributed by atoms with E-state index in [0.29, 0.717) is 16.7 Å². The third kappa shape index (κ3) is 2.67. The Morgan fingerprint density at radius 2 is 2.10 bits per heavy atom. The molecule has 0 bridgehead atoms. The number of benzene rings is 1. The van der Waals surface area contributed by atoms with Gasteiger partial charge in [-0.2, -0.15) is 5.10 Å². The van der Waals surface area contributed by atoms with Crippen LogP contribution in [-0.4, -0.2) is 14.8 Å². The van der Waals surface area contributed by atoms with E-state index in [1.165, 1.54) is 4.68 Å². The van der Waals surface area contributed by atoms with Crippen LogP contribution in [0.3, 0.4) is 0 Å². The first-order chi connectivity index (χ1) is 10.2. The number of pyridine rings is 1. The fourth-order valence-electron chi connectivity index (χ4n) is 2.13. The van der Waals surface area contributed by atoms with Crippen LogP contribution in [0.25, 0.3) is 10.9 Å². The molecule has 0 aliphatic carbocycles. The summed E-state index contributed by atoms with van der Waals surface area (Å²) in [7, 11) is 1.62. The highest BCUT2D eigenvalue weighted by atomic mass is 79.9. The molecule has 0 fully saturated rings. The molecule has 21 heavy (non-hydrogen) atoms. The lowest BCUT2D eigenvalue weighted by Gasteiger charge is -2.10. The summed E-state index contributed by atoms with van der Waals surface area (Å²) in [6.07, 6.45) is 3.41. The molecule has 0 atom stereocenters. The van der Waals surface area contributed by atoms with E-state index in [1.807, 2.05) is 30.3 Å². The highest BCUT2D eigenvalue weighted by Gasteiger charge is 2.07. The lowest BCUT2D eigenvalue weighted by atomic mass is 10.1. The minimum Gasteiger partial charge on any atom is -0.379 e. The number of para-hydroxylation sites is 1. The average molecular weight is 345 g/mol. The molecular formula is C15H13BrN4O. The molecular weight excluding hydrogens is 332 g/mol. The van der Waals surface area contributed by atoms with Gasteiger partial charge in [-0.3, -0.25) is 9.78 Å². The second kappa shape index (κ2) is 5.65. The lowest BCUT2D eigenvalue weighted by molar-refractivity contribution is 0.703. The molecule has 0 spiro atoms. The Bertz CT molecular complexity index is 854. The van der Waals surface area contributed by atoms with Crippen molar-refractivity contribution in [2.24, 2.45) is 7.05 Å². The number of hydrogen-bond acceptors (Lipinski definition) is 4. The molecule has 0 unspecified atom stereocenters. The zero-order valence-electron chi connectivity index (χ0n) is 11.4. The minimum absolute atomic E-state index is 0.170. The van der Waals surface area contributed by atoms with E-state index in [9.17, 15) is 4.79 Å². The Kier molecular flexibility index (Phi) is 3.70. The lowest BCUT2D eigenvalue weighted by Crippen LogP contribution is -2.21. The summed E-state index contributed by atoms with van der Waals surface area (Å²) in [5.74, 6) is 0. The Morgan fingerprint density at radius 1 is 1.29 bits per heavy atom. The number of aryl methyl sites for hydroxylation is 1. The van der Waals surface area contributed by atoms with Gasteiger partial charge in [0.1, 0.15) is 4.47 Å². The summed E-state index contributed by atoms with van der Waals surface area (Å²) in [5.41, 5.74) is 2.53. The topological polar surface area (TPSA) is 59.8 Å². The Labute approximate surface area is 129 Å². The summed E-state index contributed by atoms with van der Waals surface area (Å²) in [4.78, 5) is 16.2. The van der Waals surface area contributed by atoms with Gasteiger partial charge in [-0.15, -0.1) is 0 Å². The van der Waals surface area contributed by atoms with Gasteiger partial charge in [-0.1, -0.05) is 24.3 Å². The molecule has 0 aliphatic heterocycles. The normalized spacial score (nSPS) is 10.8. The van der Waals surface area contributed by atoms with Crippen LogP contribution < -0.4 is 10.9 Å². The zero-order valence-corrected chi connectivity index (χ0v) is 13.0. The van der Waals surface area contributed by atoms with E-state index in [1.54, 1.807) is 19.4 Å². The quantitative estimate of drug-likeness (QED) is 0.793. The van der Waals surface area contributed by atoms with Gasteiger partial charge in [-0.05, 0) is 27.6 Å². The van der Waals surface area contributed by atoms with Crippen LogP contribution >= 0.6 is 15.9 Å². The average Bonchev–Trinajstić information content (AvgIpc) is 2.52. The van der Waals surface area contributed by atoms with Crippen LogP contribution in [0.5, 0.6) is 0 Å². The van der Waals surface area contributed by atoms with Crippen molar-refractivity contribution in [3.63, 3.8) is 0 Å². The monoisotopic (exact) mass is 344 g/mol. The van der Waals surface area contributed by atoms with E-state index in [2.05, 4.69) is 31.3 Å². The molecule has 1 aromatic carbocycles. The van der Waals surface area contributed by atoms with E-state index in [-0.39, 0.29) is 5.56 Å². The molecule has 3 rings (SSSR count). The van der Waals surface area contributed by atoms with Crippen LogP contribution in [0.2, 0.25) is 0 Å². The molecule has 1 N–H and O–H groups in total. The maximum Gasteiger partial charge on any atom is 0.282 e. The van der Waals surface area contributed by atoms with Crippen molar-refractivity contribution in [1.29, 1.82) is 0 Å². The second-order valence-corrected chi connectivity index (χ2v) is 5.44. The van der Waals surface area contributed by atoms with Crippen LogP contribution in [0.1, 0.15) is 5.56 Å². The first-order valence-electron chi connectivity index (χ1n) is 6.45. The first kappa shape index (κ1) is 13.8. The predicted molar refractivity (Wildman–Crippen MR) is 86.2 cm³/mol. The molecule has 0 radical (unpaired) electrons. The van der Waals surface area contributed by atoms with Crippen LogP contribution in [0.15, 0.2) is 52.0 Å². The van der Waals surface area contributed by atoms with Gasteiger partial charge in [0, 0.05) is 25.2 Å². The van der Waals surface area contributed by atoms with E-state index in [4.69, 9.17) is 0 Å². The maximum absolute atomic E-state index is 11.8. The van der Waals surface area contributed by atoms with Crippen LogP contribution in [0, 0.1) is 0 Å². The molecule has 0 aliphatic rings. The molecule has 2 aromatic heterocycles. The molecule has 6 heteroatoms. The van der Waals surface area contributed by atoms with Gasteiger partial charge < -0.3 is 5.32 Å². The van der Waals surface area contributed by atoms with Gasteiger partial charge in [0.25, 0.3) is 5.56 Å². The van der Waals surface area contributed by atoms with Crippen molar-refractivity contribution in [2.45, 2.75) is 6.54 Å². The number of fused-ring (bicyclic) bond motifs is 1. The zero-order chi connectivity index (χ0) is 14.8. The fourth-order valence-corrected chi connectivity index (χ4v) is 2.63. The Balaban J connectivity index is 1.91. The molecule has 0 saturated carbocycles. The highest BCUT2D eigenvalue weighted by Crippen LogP contribution is 2.20. The van der Waals surface area contributed by atoms with Crippen LogP contribution in [0.4, 0.5) is 5.69 Å². The standard InChI is InChI=1S/C15H13BrN4O/c1-20-15(21)13(16)12(9-19-20)18-8-11-5-2-4-10-6-3-7-17-14(10)11/h2-7,9,18H,8H2,1H3. The largest absolute Gasteiger partial charge is 0.379 e. The summed E-state index contributed by atoms with van der Waals surface area (Å²) in [6.45, 7) is 0.571. The number of nitrogens with one attached hydrogen (secondary N) is 1. The van der Waals surface area contributed by atoms with E-state index in [0.717, 1.165) is 16.5 Å². The maximum atomic E-state index is 11.8. The van der Waals surface area contributed by atoms with Gasteiger partial charge in [0.05, 0.1) is 17.4 Å². The summed E-state index contributed by atoms with van der Waals surface area (Å²) in [5, 5.41) is 8.33. The SMILES string of the molecule is Cn1ncc(NCc2cccc3cccnc23)c(Br)c1=O. The number of nitrogens with zero attached hydrogens (tertiary/aromatic N) is 3. The van der Waals surface area contributed by atoms with Gasteiger partial charge in [0.2, 0.25) is 0 Å². The number of anilines is 1. The molecule has 2 heterocycles. The van der Waals surface area contributed by atoms with E-state index >= 15 is 0 Å². The third-order valence-electron chi connectivity index (χ3n) is 3.26. The van der Waals surface area contributed by atoms with Crippen molar-refractivity contribution in [3.8, 4) is 0 Å². The van der Waals surface area contributed by atoms with Gasteiger partial charge in [0.15, 0.2) is 0 Å². The molecule has 0 amide bonds. The predicted octanol–water partition coefficient (Wildman–Crippen LogP) is 2.70. The molecule has 5 nitrogen and oxygen atoms in total. The highest BCUT2D eigenvalue weighted by molar-refractivity contribution is 9.10. The Hall–Kier alpha value is -2.21. The molecule has 106 valence electrons. The van der Waals surface area contributed by atoms with E-state index < -0.39 is 0 Å². The Morgan fingerprint density at radius 3 is 2.95 bits per heavy atom. The molecule has 0 saturated heterocycles. The second-order valence-electron chi connectivity index (χ2n) is 4.65. The summed E-state index contributed by atoms with van der Waals surface area (Å²) >= 11 is 3.30. The van der Waals surface area contributed by atoms with Gasteiger partial charge in [-0.25, -0.2) is 4.68 Å². The minimum atomic E-state index is -0.170. The summed E-state index contributed by atoms with van der Waals surface area (Å²) in [6, 6.07) is 9.99. The first-order valence-corrected chi connectivity index (χ1v) is 7.24. The van der Waals surface area contributed by atoms with Crippen molar-refractivity contribution >= 4 is 32.5 Å². The third-order valence-corrected chi connectivity index (χ3v) is 4.03.